The molecule has 2 heterocycles. The summed E-state index contributed by atoms with van der Waals surface area (Å²) in [5, 5.41) is 4.34. The molecule has 156 valence electrons. The van der Waals surface area contributed by atoms with Crippen LogP contribution in [-0.4, -0.2) is 43.1 Å². The van der Waals surface area contributed by atoms with Crippen LogP contribution in [0, 0.1) is 0 Å². The summed E-state index contributed by atoms with van der Waals surface area (Å²) in [6, 6.07) is 12.4. The first-order valence-electron chi connectivity index (χ1n) is 10.1. The maximum absolute atomic E-state index is 12.8. The smallest absolute Gasteiger partial charge is 0.251 e. The SMILES string of the molecule is CCOc1ccc(N2C(=O)C[C@@H](NCCc3c[nH]c4ccc(OC)cc34)C2=O)cc1. The van der Waals surface area contributed by atoms with Crippen molar-refractivity contribution in [1.29, 1.82) is 0 Å². The molecule has 0 unspecified atom stereocenters. The number of aromatic amines is 1. The topological polar surface area (TPSA) is 83.7 Å². The molecule has 2 amide bonds. The molecule has 3 aromatic rings. The second-order valence-corrected chi connectivity index (χ2v) is 7.18. The van der Waals surface area contributed by atoms with Gasteiger partial charge < -0.3 is 19.8 Å². The van der Waals surface area contributed by atoms with Crippen molar-refractivity contribution in [1.82, 2.24) is 10.3 Å². The van der Waals surface area contributed by atoms with Crippen LogP contribution in [0.3, 0.4) is 0 Å². The van der Waals surface area contributed by atoms with E-state index in [9.17, 15) is 9.59 Å². The average molecular weight is 407 g/mol. The van der Waals surface area contributed by atoms with E-state index in [1.54, 1.807) is 31.4 Å². The van der Waals surface area contributed by atoms with Crippen molar-refractivity contribution in [2.75, 3.05) is 25.2 Å². The molecule has 4 rings (SSSR count). The number of fused-ring (bicyclic) bond motifs is 1. The molecule has 0 spiro atoms. The fourth-order valence-corrected chi connectivity index (χ4v) is 3.79. The van der Waals surface area contributed by atoms with E-state index < -0.39 is 6.04 Å². The summed E-state index contributed by atoms with van der Waals surface area (Å²) in [4.78, 5) is 29.8. The lowest BCUT2D eigenvalue weighted by molar-refractivity contribution is -0.121. The summed E-state index contributed by atoms with van der Waals surface area (Å²) in [7, 11) is 1.65. The lowest BCUT2D eigenvalue weighted by Crippen LogP contribution is -2.39. The number of aromatic nitrogens is 1. The molecule has 1 aromatic heterocycles. The van der Waals surface area contributed by atoms with E-state index in [0.717, 1.165) is 28.6 Å². The van der Waals surface area contributed by atoms with Crippen LogP contribution < -0.4 is 19.7 Å². The van der Waals surface area contributed by atoms with E-state index in [1.807, 2.05) is 31.3 Å². The van der Waals surface area contributed by atoms with E-state index in [2.05, 4.69) is 10.3 Å². The first-order valence-corrected chi connectivity index (χ1v) is 10.1. The van der Waals surface area contributed by atoms with Crippen LogP contribution in [0.5, 0.6) is 11.5 Å². The molecule has 2 N–H and O–H groups in total. The van der Waals surface area contributed by atoms with Crippen LogP contribution in [-0.2, 0) is 16.0 Å². The number of methoxy groups -OCH3 is 1. The monoisotopic (exact) mass is 407 g/mol. The van der Waals surface area contributed by atoms with E-state index in [-0.39, 0.29) is 18.2 Å². The molecule has 0 bridgehead atoms. The van der Waals surface area contributed by atoms with E-state index in [0.29, 0.717) is 24.6 Å². The van der Waals surface area contributed by atoms with Gasteiger partial charge in [-0.15, -0.1) is 0 Å². The average Bonchev–Trinajstić information content (AvgIpc) is 3.29. The minimum atomic E-state index is -0.510. The molecule has 2 aromatic carbocycles. The number of hydrogen-bond donors (Lipinski definition) is 2. The van der Waals surface area contributed by atoms with Crippen molar-refractivity contribution < 1.29 is 19.1 Å². The molecule has 0 aliphatic carbocycles. The molecule has 0 saturated carbocycles. The Hall–Kier alpha value is -3.32. The molecule has 7 heteroatoms. The van der Waals surface area contributed by atoms with E-state index in [4.69, 9.17) is 9.47 Å². The van der Waals surface area contributed by atoms with Crippen molar-refractivity contribution in [2.24, 2.45) is 0 Å². The van der Waals surface area contributed by atoms with Crippen molar-refractivity contribution >= 4 is 28.4 Å². The lowest BCUT2D eigenvalue weighted by atomic mass is 10.1. The third-order valence-corrected chi connectivity index (χ3v) is 5.31. The molecule has 1 aliphatic heterocycles. The second-order valence-electron chi connectivity index (χ2n) is 7.18. The van der Waals surface area contributed by atoms with Gasteiger partial charge in [-0.1, -0.05) is 0 Å². The Kier molecular flexibility index (Phi) is 5.72. The highest BCUT2D eigenvalue weighted by molar-refractivity contribution is 6.22. The Labute approximate surface area is 175 Å². The molecule has 1 fully saturated rings. The molecule has 0 radical (unpaired) electrons. The van der Waals surface area contributed by atoms with Gasteiger partial charge in [0.15, 0.2) is 0 Å². The second kappa shape index (κ2) is 8.59. The number of amides is 2. The first kappa shape index (κ1) is 20.0. The van der Waals surface area contributed by atoms with Crippen molar-refractivity contribution in [3.8, 4) is 11.5 Å². The molecule has 1 atom stereocenters. The Morgan fingerprint density at radius 1 is 1.13 bits per heavy atom. The number of carbonyl (C=O) groups is 2. The van der Waals surface area contributed by atoms with Crippen molar-refractivity contribution in [3.05, 3.63) is 54.2 Å². The summed E-state index contributed by atoms with van der Waals surface area (Å²) in [5.74, 6) is 1.10. The maximum Gasteiger partial charge on any atom is 0.251 e. The molecule has 1 aliphatic rings. The standard InChI is InChI=1S/C23H25N3O4/c1-3-30-17-6-4-16(5-7-17)26-22(27)13-21(23(26)28)24-11-10-15-14-25-20-9-8-18(29-2)12-19(15)20/h4-9,12,14,21,24-25H,3,10-11,13H2,1-2H3/t21-/m1/s1. The van der Waals surface area contributed by atoms with Crippen LogP contribution in [0.1, 0.15) is 18.9 Å². The summed E-state index contributed by atoms with van der Waals surface area (Å²) >= 11 is 0. The Balaban J connectivity index is 1.39. The van der Waals surface area contributed by atoms with Gasteiger partial charge in [-0.2, -0.15) is 0 Å². The predicted molar refractivity (Wildman–Crippen MR) is 115 cm³/mol. The van der Waals surface area contributed by atoms with Gasteiger partial charge >= 0.3 is 0 Å². The molecule has 30 heavy (non-hydrogen) atoms. The summed E-state index contributed by atoms with van der Waals surface area (Å²) < 4.78 is 10.7. The zero-order chi connectivity index (χ0) is 21.1. The third kappa shape index (κ3) is 3.89. The van der Waals surface area contributed by atoms with Crippen LogP contribution in [0.15, 0.2) is 48.7 Å². The Morgan fingerprint density at radius 3 is 2.63 bits per heavy atom. The largest absolute Gasteiger partial charge is 0.497 e. The predicted octanol–water partition coefficient (Wildman–Crippen LogP) is 3.04. The van der Waals surface area contributed by atoms with Gasteiger partial charge in [-0.25, -0.2) is 4.90 Å². The number of hydrogen-bond acceptors (Lipinski definition) is 5. The molecular weight excluding hydrogens is 382 g/mol. The normalized spacial score (nSPS) is 16.5. The van der Waals surface area contributed by atoms with E-state index in [1.165, 1.54) is 4.90 Å². The fourth-order valence-electron chi connectivity index (χ4n) is 3.79. The van der Waals surface area contributed by atoms with Crippen LogP contribution in [0.25, 0.3) is 10.9 Å². The molecule has 7 nitrogen and oxygen atoms in total. The van der Waals surface area contributed by atoms with Crippen LogP contribution >= 0.6 is 0 Å². The van der Waals surface area contributed by atoms with Crippen LogP contribution in [0.4, 0.5) is 5.69 Å². The zero-order valence-electron chi connectivity index (χ0n) is 17.1. The van der Waals surface area contributed by atoms with Gasteiger partial charge in [0.2, 0.25) is 5.91 Å². The van der Waals surface area contributed by atoms with Crippen LogP contribution in [0.2, 0.25) is 0 Å². The number of carbonyl (C=O) groups excluding carboxylic acids is 2. The highest BCUT2D eigenvalue weighted by atomic mass is 16.5. The number of imide groups is 1. The summed E-state index contributed by atoms with van der Waals surface area (Å²) in [6.45, 7) is 3.06. The van der Waals surface area contributed by atoms with Crippen molar-refractivity contribution in [3.63, 3.8) is 0 Å². The Morgan fingerprint density at radius 2 is 1.90 bits per heavy atom. The number of nitrogens with zero attached hydrogens (tertiary/aromatic N) is 1. The fraction of sp³-hybridized carbons (Fsp3) is 0.304. The minimum Gasteiger partial charge on any atom is -0.497 e. The van der Waals surface area contributed by atoms with Gasteiger partial charge in [0.1, 0.15) is 11.5 Å². The molecule has 1 saturated heterocycles. The van der Waals surface area contributed by atoms with Gasteiger partial charge in [0.25, 0.3) is 5.91 Å². The lowest BCUT2D eigenvalue weighted by Gasteiger charge is -2.16. The summed E-state index contributed by atoms with van der Waals surface area (Å²) in [6.07, 6.45) is 2.86. The van der Waals surface area contributed by atoms with E-state index >= 15 is 0 Å². The minimum absolute atomic E-state index is 0.160. The number of ether oxygens (including phenoxy) is 2. The quantitative estimate of drug-likeness (QED) is 0.561. The zero-order valence-corrected chi connectivity index (χ0v) is 17.1. The number of H-pyrrole nitrogens is 1. The highest BCUT2D eigenvalue weighted by Crippen LogP contribution is 2.26. The number of rotatable bonds is 8. The van der Waals surface area contributed by atoms with Gasteiger partial charge in [0, 0.05) is 23.6 Å². The molecular formula is C23H25N3O4. The van der Waals surface area contributed by atoms with Crippen molar-refractivity contribution in [2.45, 2.75) is 25.8 Å². The third-order valence-electron chi connectivity index (χ3n) is 5.31. The van der Waals surface area contributed by atoms with Gasteiger partial charge in [-0.05, 0) is 61.4 Å². The first-order chi connectivity index (χ1) is 14.6. The number of nitrogens with one attached hydrogen (secondary N) is 2. The van der Waals surface area contributed by atoms with Gasteiger partial charge in [-0.3, -0.25) is 9.59 Å². The highest BCUT2D eigenvalue weighted by Gasteiger charge is 2.39. The summed E-state index contributed by atoms with van der Waals surface area (Å²) in [5.41, 5.74) is 2.75. The maximum atomic E-state index is 12.8. The number of anilines is 1. The van der Waals surface area contributed by atoms with Gasteiger partial charge in [0.05, 0.1) is 31.9 Å². The number of benzene rings is 2. The Bertz CT molecular complexity index is 1060.